The number of fused-ring (bicyclic) bond motifs is 2. The van der Waals surface area contributed by atoms with Gasteiger partial charge < -0.3 is 25.4 Å². The summed E-state index contributed by atoms with van der Waals surface area (Å²) in [6.07, 6.45) is -5.05. The van der Waals surface area contributed by atoms with Crippen LogP contribution in [0.5, 0.6) is 11.5 Å². The van der Waals surface area contributed by atoms with Gasteiger partial charge in [-0.1, -0.05) is 42.5 Å². The summed E-state index contributed by atoms with van der Waals surface area (Å²) in [5.41, 5.74) is -0.575. The molecule has 5 rings (SSSR count). The molecule has 11 heteroatoms. The topological polar surface area (TPSA) is 106 Å². The molecule has 48 heavy (non-hydrogen) atoms. The van der Waals surface area contributed by atoms with Gasteiger partial charge in [0.25, 0.3) is 11.8 Å². The Kier molecular flexibility index (Phi) is 9.60. The Morgan fingerprint density at radius 3 is 2.19 bits per heavy atom. The number of nitrogens with one attached hydrogen (secondary N) is 3. The fourth-order valence-electron chi connectivity index (χ4n) is 5.04. The van der Waals surface area contributed by atoms with Crippen LogP contribution in [0.25, 0.3) is 21.5 Å². The molecule has 3 amide bonds. The summed E-state index contributed by atoms with van der Waals surface area (Å²) in [5, 5.41) is 11.1. The van der Waals surface area contributed by atoms with Crippen LogP contribution in [0.1, 0.15) is 54.0 Å². The lowest BCUT2D eigenvalue weighted by atomic mass is 10.0. The molecule has 0 radical (unpaired) electrons. The third-order valence-electron chi connectivity index (χ3n) is 7.25. The largest absolute Gasteiger partial charge is 0.457 e. The molecule has 0 aliphatic rings. The Hall–Kier alpha value is -5.58. The molecule has 0 saturated carbocycles. The van der Waals surface area contributed by atoms with Gasteiger partial charge in [0.1, 0.15) is 17.1 Å². The Balaban J connectivity index is 1.35. The molecule has 248 valence electrons. The first-order chi connectivity index (χ1) is 22.7. The summed E-state index contributed by atoms with van der Waals surface area (Å²) in [4.78, 5) is 39.3. The van der Waals surface area contributed by atoms with Gasteiger partial charge in [-0.25, -0.2) is 4.79 Å². The molecule has 8 nitrogen and oxygen atoms in total. The van der Waals surface area contributed by atoms with Crippen molar-refractivity contribution in [1.29, 1.82) is 0 Å². The fraction of sp³-hybridized carbons (Fsp3) is 0.216. The average molecular weight is 658 g/mol. The minimum Gasteiger partial charge on any atom is -0.457 e. The van der Waals surface area contributed by atoms with E-state index in [0.29, 0.717) is 33.2 Å². The lowest BCUT2D eigenvalue weighted by Gasteiger charge is -2.21. The van der Waals surface area contributed by atoms with E-state index in [1.807, 2.05) is 12.1 Å². The van der Waals surface area contributed by atoms with Crippen LogP contribution in [0, 0.1) is 0 Å². The number of alkyl carbamates (subject to hydrolysis) is 1. The van der Waals surface area contributed by atoms with Gasteiger partial charge in [-0.05, 0) is 98.5 Å². The molecule has 0 aromatic heterocycles. The van der Waals surface area contributed by atoms with Gasteiger partial charge in [0.2, 0.25) is 0 Å². The van der Waals surface area contributed by atoms with E-state index >= 15 is 0 Å². The SMILES string of the molecule is CC(CNC(=O)OC(C)(C)C)NC(=O)c1c(NC(=O)c2ccc3c(Oc4ccc(C(F)(F)F)cc4)cccc3c2)ccc2ccccc12. The second-order valence-corrected chi connectivity index (χ2v) is 12.2. The second-order valence-electron chi connectivity index (χ2n) is 12.2. The summed E-state index contributed by atoms with van der Waals surface area (Å²) >= 11 is 0. The van der Waals surface area contributed by atoms with E-state index in [1.54, 1.807) is 88.4 Å². The van der Waals surface area contributed by atoms with Crippen molar-refractivity contribution < 1.29 is 37.0 Å². The molecule has 0 spiro atoms. The first kappa shape index (κ1) is 33.8. The second kappa shape index (κ2) is 13.6. The van der Waals surface area contributed by atoms with Crippen LogP contribution >= 0.6 is 0 Å². The Morgan fingerprint density at radius 1 is 0.771 bits per heavy atom. The van der Waals surface area contributed by atoms with Crippen molar-refractivity contribution in [3.8, 4) is 11.5 Å². The number of amides is 3. The van der Waals surface area contributed by atoms with Gasteiger partial charge in [-0.15, -0.1) is 0 Å². The molecule has 1 unspecified atom stereocenters. The van der Waals surface area contributed by atoms with Crippen molar-refractivity contribution in [2.24, 2.45) is 0 Å². The highest BCUT2D eigenvalue weighted by atomic mass is 19.4. The predicted molar refractivity (Wildman–Crippen MR) is 179 cm³/mol. The summed E-state index contributed by atoms with van der Waals surface area (Å²) in [6.45, 7) is 7.12. The van der Waals surface area contributed by atoms with Gasteiger partial charge in [0.15, 0.2) is 0 Å². The maximum Gasteiger partial charge on any atom is 0.416 e. The minimum absolute atomic E-state index is 0.120. The fourth-order valence-corrected chi connectivity index (χ4v) is 5.04. The Labute approximate surface area is 275 Å². The zero-order valence-corrected chi connectivity index (χ0v) is 26.7. The van der Waals surface area contributed by atoms with E-state index in [0.717, 1.165) is 17.5 Å². The third-order valence-corrected chi connectivity index (χ3v) is 7.25. The molecule has 0 aliphatic carbocycles. The molecule has 0 bridgehead atoms. The maximum absolute atomic E-state index is 13.6. The number of carbonyl (C=O) groups is 3. The number of ether oxygens (including phenoxy) is 2. The van der Waals surface area contributed by atoms with Crippen LogP contribution in [0.15, 0.2) is 97.1 Å². The highest BCUT2D eigenvalue weighted by molar-refractivity contribution is 6.16. The highest BCUT2D eigenvalue weighted by Gasteiger charge is 2.30. The summed E-state index contributed by atoms with van der Waals surface area (Å²) < 4.78 is 50.0. The number of hydrogen-bond donors (Lipinski definition) is 3. The van der Waals surface area contributed by atoms with Crippen molar-refractivity contribution in [2.75, 3.05) is 11.9 Å². The van der Waals surface area contributed by atoms with E-state index in [1.165, 1.54) is 12.1 Å². The number of halogens is 3. The molecule has 0 saturated heterocycles. The molecular formula is C37H34F3N3O5. The number of anilines is 1. The molecule has 0 aliphatic heterocycles. The van der Waals surface area contributed by atoms with Crippen molar-refractivity contribution in [3.63, 3.8) is 0 Å². The van der Waals surface area contributed by atoms with Gasteiger partial charge >= 0.3 is 12.3 Å². The first-order valence-corrected chi connectivity index (χ1v) is 15.2. The monoisotopic (exact) mass is 657 g/mol. The first-order valence-electron chi connectivity index (χ1n) is 15.2. The van der Waals surface area contributed by atoms with Gasteiger partial charge in [-0.2, -0.15) is 13.2 Å². The van der Waals surface area contributed by atoms with Crippen LogP contribution in [0.3, 0.4) is 0 Å². The lowest BCUT2D eigenvalue weighted by Crippen LogP contribution is -2.43. The lowest BCUT2D eigenvalue weighted by molar-refractivity contribution is -0.137. The number of alkyl halides is 3. The smallest absolute Gasteiger partial charge is 0.416 e. The van der Waals surface area contributed by atoms with Crippen molar-refractivity contribution in [3.05, 3.63) is 114 Å². The maximum atomic E-state index is 13.6. The zero-order valence-electron chi connectivity index (χ0n) is 26.7. The zero-order chi connectivity index (χ0) is 34.6. The summed E-state index contributed by atoms with van der Waals surface area (Å²) in [6, 6.07) is 24.8. The number of benzene rings is 5. The van der Waals surface area contributed by atoms with E-state index in [9.17, 15) is 27.6 Å². The number of rotatable bonds is 8. The van der Waals surface area contributed by atoms with Gasteiger partial charge in [0, 0.05) is 23.5 Å². The Bertz CT molecular complexity index is 1990. The summed E-state index contributed by atoms with van der Waals surface area (Å²) in [5.74, 6) is -0.267. The highest BCUT2D eigenvalue weighted by Crippen LogP contribution is 2.34. The molecular weight excluding hydrogens is 623 g/mol. The Morgan fingerprint density at radius 2 is 1.48 bits per heavy atom. The molecule has 0 heterocycles. The van der Waals surface area contributed by atoms with E-state index in [4.69, 9.17) is 9.47 Å². The predicted octanol–water partition coefficient (Wildman–Crippen LogP) is 8.70. The molecule has 5 aromatic rings. The molecule has 5 aromatic carbocycles. The number of hydrogen-bond acceptors (Lipinski definition) is 5. The van der Waals surface area contributed by atoms with Gasteiger partial charge in [0.05, 0.1) is 16.8 Å². The third kappa shape index (κ3) is 8.22. The van der Waals surface area contributed by atoms with E-state index < -0.39 is 41.3 Å². The van der Waals surface area contributed by atoms with Crippen molar-refractivity contribution in [2.45, 2.75) is 45.5 Å². The van der Waals surface area contributed by atoms with Crippen LogP contribution in [0.4, 0.5) is 23.7 Å². The van der Waals surface area contributed by atoms with Crippen LogP contribution in [-0.4, -0.2) is 36.1 Å². The minimum atomic E-state index is -4.45. The van der Waals surface area contributed by atoms with Crippen LogP contribution < -0.4 is 20.7 Å². The quantitative estimate of drug-likeness (QED) is 0.155. The van der Waals surface area contributed by atoms with Crippen molar-refractivity contribution >= 4 is 45.1 Å². The van der Waals surface area contributed by atoms with Gasteiger partial charge in [-0.3, -0.25) is 9.59 Å². The average Bonchev–Trinajstić information content (AvgIpc) is 3.02. The molecule has 3 N–H and O–H groups in total. The van der Waals surface area contributed by atoms with E-state index in [-0.39, 0.29) is 17.9 Å². The molecule has 1 atom stereocenters. The van der Waals surface area contributed by atoms with Crippen LogP contribution in [0.2, 0.25) is 0 Å². The molecule has 0 fully saturated rings. The number of carbonyl (C=O) groups excluding carboxylic acids is 3. The normalized spacial score (nSPS) is 12.3. The van der Waals surface area contributed by atoms with Crippen molar-refractivity contribution in [1.82, 2.24) is 10.6 Å². The standard InChI is InChI=1S/C37H34F3N3O5/c1-22(21-41-35(46)48-36(2,3)4)42-34(45)32-29-10-6-5-8-23(29)13-19-30(32)43-33(44)25-12-18-28-24(20-25)9-7-11-31(28)47-27-16-14-26(15-17-27)37(38,39)40/h5-20,22H,21H2,1-4H3,(H,41,46)(H,42,45)(H,43,44). The summed E-state index contributed by atoms with van der Waals surface area (Å²) in [7, 11) is 0. The van der Waals surface area contributed by atoms with E-state index in [2.05, 4.69) is 16.0 Å². The van der Waals surface area contributed by atoms with Crippen LogP contribution in [-0.2, 0) is 10.9 Å².